The Bertz CT molecular complexity index is 769. The molecule has 0 aliphatic carbocycles. The van der Waals surface area contributed by atoms with Gasteiger partial charge in [-0.25, -0.2) is 4.98 Å². The lowest BCUT2D eigenvalue weighted by atomic mass is 10.2. The molecule has 0 fully saturated rings. The van der Waals surface area contributed by atoms with Gasteiger partial charge in [0.25, 0.3) is 0 Å². The van der Waals surface area contributed by atoms with Crippen molar-refractivity contribution in [2.24, 2.45) is 0 Å². The minimum atomic E-state index is 0.516. The fraction of sp³-hybridized carbons (Fsp3) is 0. The molecule has 1 aromatic heterocycles. The van der Waals surface area contributed by atoms with E-state index in [1.807, 2.05) is 41.8 Å². The van der Waals surface area contributed by atoms with Gasteiger partial charge in [-0.15, -0.1) is 11.3 Å². The number of nitrogens with zero attached hydrogens (tertiary/aromatic N) is 1. The van der Waals surface area contributed by atoms with Crippen molar-refractivity contribution < 1.29 is 0 Å². The molecule has 0 bridgehead atoms. The summed E-state index contributed by atoms with van der Waals surface area (Å²) in [6, 6.07) is 13.0. The second-order valence-electron chi connectivity index (χ2n) is 4.27. The second-order valence-corrected chi connectivity index (χ2v) is 6.35. The Morgan fingerprint density at radius 3 is 2.48 bits per heavy atom. The average molecular weight is 356 g/mol. The Labute approximate surface area is 141 Å². The first-order valence-electron chi connectivity index (χ1n) is 6.06. The van der Waals surface area contributed by atoms with E-state index in [1.54, 1.807) is 6.07 Å². The van der Waals surface area contributed by atoms with Crippen molar-refractivity contribution in [1.82, 2.24) is 4.98 Å². The zero-order chi connectivity index (χ0) is 14.8. The van der Waals surface area contributed by atoms with E-state index in [1.165, 1.54) is 11.3 Å². The molecule has 0 saturated carbocycles. The van der Waals surface area contributed by atoms with E-state index in [4.69, 9.17) is 34.8 Å². The standard InChI is InChI=1S/C15H9Cl3N2S/c16-9-4-6-10(7-5-9)19-15-20-13(8-21-15)11-2-1-3-12(17)14(11)18/h1-8H,(H,19,20). The number of aromatic nitrogens is 1. The predicted octanol–water partition coefficient (Wildman–Crippen LogP) is 6.51. The van der Waals surface area contributed by atoms with Crippen LogP contribution in [-0.2, 0) is 0 Å². The maximum atomic E-state index is 6.21. The normalized spacial score (nSPS) is 10.6. The van der Waals surface area contributed by atoms with Gasteiger partial charge < -0.3 is 5.32 Å². The molecule has 1 heterocycles. The zero-order valence-electron chi connectivity index (χ0n) is 10.6. The van der Waals surface area contributed by atoms with Crippen LogP contribution in [0.3, 0.4) is 0 Å². The fourth-order valence-electron chi connectivity index (χ4n) is 1.81. The third kappa shape index (κ3) is 3.33. The number of hydrogen-bond acceptors (Lipinski definition) is 3. The first-order chi connectivity index (χ1) is 10.1. The minimum absolute atomic E-state index is 0.516. The Hall–Kier alpha value is -1.26. The number of hydrogen-bond donors (Lipinski definition) is 1. The van der Waals surface area contributed by atoms with Crippen molar-refractivity contribution in [3.63, 3.8) is 0 Å². The van der Waals surface area contributed by atoms with Crippen LogP contribution in [0.4, 0.5) is 10.8 Å². The topological polar surface area (TPSA) is 24.9 Å². The van der Waals surface area contributed by atoms with Crippen LogP contribution in [0.15, 0.2) is 47.8 Å². The number of rotatable bonds is 3. The van der Waals surface area contributed by atoms with Crippen molar-refractivity contribution in [3.8, 4) is 11.3 Å². The number of thiazole rings is 1. The molecule has 0 unspecified atom stereocenters. The lowest BCUT2D eigenvalue weighted by molar-refractivity contribution is 1.38. The smallest absolute Gasteiger partial charge is 0.187 e. The van der Waals surface area contributed by atoms with Gasteiger partial charge in [0.1, 0.15) is 0 Å². The highest BCUT2D eigenvalue weighted by atomic mass is 35.5. The summed E-state index contributed by atoms with van der Waals surface area (Å²) in [7, 11) is 0. The van der Waals surface area contributed by atoms with Crippen LogP contribution in [0.1, 0.15) is 0 Å². The average Bonchev–Trinajstić information content (AvgIpc) is 2.93. The van der Waals surface area contributed by atoms with Crippen molar-refractivity contribution in [2.75, 3.05) is 5.32 Å². The molecule has 0 atom stereocenters. The summed E-state index contributed by atoms with van der Waals surface area (Å²) < 4.78 is 0. The molecule has 3 aromatic rings. The van der Waals surface area contributed by atoms with Gasteiger partial charge in [0.15, 0.2) is 5.13 Å². The van der Waals surface area contributed by atoms with E-state index in [-0.39, 0.29) is 0 Å². The van der Waals surface area contributed by atoms with Crippen LogP contribution < -0.4 is 5.32 Å². The van der Waals surface area contributed by atoms with Crippen LogP contribution in [0.25, 0.3) is 11.3 Å². The van der Waals surface area contributed by atoms with Gasteiger partial charge in [-0.05, 0) is 30.3 Å². The first kappa shape index (κ1) is 14.7. The Morgan fingerprint density at radius 1 is 0.952 bits per heavy atom. The lowest BCUT2D eigenvalue weighted by Crippen LogP contribution is -1.89. The first-order valence-corrected chi connectivity index (χ1v) is 8.07. The molecular formula is C15H9Cl3N2S. The number of benzene rings is 2. The van der Waals surface area contributed by atoms with Crippen LogP contribution >= 0.6 is 46.1 Å². The van der Waals surface area contributed by atoms with Gasteiger partial charge >= 0.3 is 0 Å². The largest absolute Gasteiger partial charge is 0.332 e. The van der Waals surface area contributed by atoms with E-state index in [0.29, 0.717) is 15.1 Å². The van der Waals surface area contributed by atoms with Gasteiger partial charge in [0.05, 0.1) is 15.7 Å². The third-order valence-corrected chi connectivity index (χ3v) is 4.66. The fourth-order valence-corrected chi connectivity index (χ4v) is 3.07. The highest BCUT2D eigenvalue weighted by Crippen LogP contribution is 2.35. The van der Waals surface area contributed by atoms with E-state index in [0.717, 1.165) is 22.1 Å². The third-order valence-electron chi connectivity index (χ3n) is 2.83. The Balaban J connectivity index is 1.86. The summed E-state index contributed by atoms with van der Waals surface area (Å²) in [5.74, 6) is 0. The van der Waals surface area contributed by atoms with Gasteiger partial charge in [-0.1, -0.05) is 46.9 Å². The van der Waals surface area contributed by atoms with Gasteiger partial charge in [0, 0.05) is 21.7 Å². The Morgan fingerprint density at radius 2 is 1.71 bits per heavy atom. The van der Waals surface area contributed by atoms with Crippen molar-refractivity contribution >= 4 is 57.0 Å². The van der Waals surface area contributed by atoms with Crippen LogP contribution in [-0.4, -0.2) is 4.98 Å². The minimum Gasteiger partial charge on any atom is -0.332 e. The molecule has 0 spiro atoms. The SMILES string of the molecule is Clc1ccc(Nc2nc(-c3cccc(Cl)c3Cl)cs2)cc1. The summed E-state index contributed by atoms with van der Waals surface area (Å²) in [6.07, 6.45) is 0. The van der Waals surface area contributed by atoms with Gasteiger partial charge in [0.2, 0.25) is 0 Å². The van der Waals surface area contributed by atoms with E-state index in [2.05, 4.69) is 10.3 Å². The molecule has 2 aromatic carbocycles. The number of nitrogens with one attached hydrogen (secondary N) is 1. The molecule has 0 aliphatic rings. The summed E-state index contributed by atoms with van der Waals surface area (Å²) in [5, 5.41) is 7.69. The zero-order valence-corrected chi connectivity index (χ0v) is 13.7. The lowest BCUT2D eigenvalue weighted by Gasteiger charge is -2.03. The second kappa shape index (κ2) is 6.24. The van der Waals surface area contributed by atoms with Crippen LogP contribution in [0.2, 0.25) is 15.1 Å². The Kier molecular flexibility index (Phi) is 4.36. The van der Waals surface area contributed by atoms with Crippen molar-refractivity contribution in [3.05, 3.63) is 62.9 Å². The summed E-state index contributed by atoms with van der Waals surface area (Å²) in [6.45, 7) is 0. The molecular weight excluding hydrogens is 347 g/mol. The molecule has 106 valence electrons. The molecule has 0 aliphatic heterocycles. The maximum absolute atomic E-state index is 6.21. The number of anilines is 2. The van der Waals surface area contributed by atoms with Gasteiger partial charge in [-0.3, -0.25) is 0 Å². The quantitative estimate of drug-likeness (QED) is 0.579. The monoisotopic (exact) mass is 354 g/mol. The van der Waals surface area contributed by atoms with E-state index >= 15 is 0 Å². The molecule has 6 heteroatoms. The van der Waals surface area contributed by atoms with Crippen LogP contribution in [0.5, 0.6) is 0 Å². The van der Waals surface area contributed by atoms with Crippen molar-refractivity contribution in [1.29, 1.82) is 0 Å². The summed E-state index contributed by atoms with van der Waals surface area (Å²) in [5.41, 5.74) is 2.55. The molecule has 21 heavy (non-hydrogen) atoms. The molecule has 3 rings (SSSR count). The molecule has 0 saturated heterocycles. The molecule has 2 nitrogen and oxygen atoms in total. The summed E-state index contributed by atoms with van der Waals surface area (Å²) >= 11 is 19.6. The number of halogens is 3. The molecule has 0 amide bonds. The van der Waals surface area contributed by atoms with Crippen molar-refractivity contribution in [2.45, 2.75) is 0 Å². The highest BCUT2D eigenvalue weighted by molar-refractivity contribution is 7.14. The van der Waals surface area contributed by atoms with E-state index < -0.39 is 0 Å². The molecule has 1 N–H and O–H groups in total. The van der Waals surface area contributed by atoms with Gasteiger partial charge in [-0.2, -0.15) is 0 Å². The highest BCUT2D eigenvalue weighted by Gasteiger charge is 2.10. The summed E-state index contributed by atoms with van der Waals surface area (Å²) in [4.78, 5) is 4.53. The predicted molar refractivity (Wildman–Crippen MR) is 92.3 cm³/mol. The maximum Gasteiger partial charge on any atom is 0.187 e. The van der Waals surface area contributed by atoms with E-state index in [9.17, 15) is 0 Å². The molecule has 0 radical (unpaired) electrons. The van der Waals surface area contributed by atoms with Crippen LogP contribution in [0, 0.1) is 0 Å².